The first kappa shape index (κ1) is 21.3. The van der Waals surface area contributed by atoms with Crippen LogP contribution in [0.1, 0.15) is 26.3 Å². The van der Waals surface area contributed by atoms with E-state index >= 15 is 0 Å². The summed E-state index contributed by atoms with van der Waals surface area (Å²) in [7, 11) is 1.73. The summed E-state index contributed by atoms with van der Waals surface area (Å²) in [5, 5.41) is 6.72. The van der Waals surface area contributed by atoms with E-state index in [0.29, 0.717) is 24.5 Å². The molecule has 1 aliphatic rings. The summed E-state index contributed by atoms with van der Waals surface area (Å²) in [5.74, 6) is 1.44. The van der Waals surface area contributed by atoms with E-state index in [1.54, 1.807) is 31.3 Å². The van der Waals surface area contributed by atoms with Gasteiger partial charge in [0.1, 0.15) is 5.75 Å². The minimum absolute atomic E-state index is 0.201. The van der Waals surface area contributed by atoms with Crippen molar-refractivity contribution in [3.63, 3.8) is 0 Å². The lowest BCUT2D eigenvalue weighted by molar-refractivity contribution is -0.153. The van der Waals surface area contributed by atoms with Gasteiger partial charge in [0.2, 0.25) is 0 Å². The molecule has 2 N–H and O–H groups in total. The average molecular weight is 386 g/mol. The van der Waals surface area contributed by atoms with Gasteiger partial charge in [-0.1, -0.05) is 19.1 Å². The number of aliphatic imine (C=N–C) groups is 1. The lowest BCUT2D eigenvalue weighted by Gasteiger charge is -2.22. The number of likely N-dealkylation sites (tertiary alicyclic amines) is 1. The second-order valence-corrected chi connectivity index (χ2v) is 7.25. The normalized spacial score (nSPS) is 21.6. The first-order valence-electron chi connectivity index (χ1n) is 9.17. The maximum Gasteiger partial charge on any atom is 0.422 e. The molecule has 0 amide bonds. The molecule has 8 heteroatoms. The molecule has 2 atom stereocenters. The van der Waals surface area contributed by atoms with Gasteiger partial charge in [0.25, 0.3) is 0 Å². The van der Waals surface area contributed by atoms with E-state index in [0.717, 1.165) is 24.6 Å². The molecule has 2 unspecified atom stereocenters. The van der Waals surface area contributed by atoms with Crippen LogP contribution in [0.3, 0.4) is 0 Å². The summed E-state index contributed by atoms with van der Waals surface area (Å²) >= 11 is 0. The zero-order valence-electron chi connectivity index (χ0n) is 16.3. The lowest BCUT2D eigenvalue weighted by Crippen LogP contribution is -2.46. The molecule has 0 spiro atoms. The van der Waals surface area contributed by atoms with Gasteiger partial charge in [-0.2, -0.15) is 13.2 Å². The summed E-state index contributed by atoms with van der Waals surface area (Å²) in [6, 6.07) is 7.41. The summed E-state index contributed by atoms with van der Waals surface area (Å²) in [6.07, 6.45) is -4.33. The molecule has 0 radical (unpaired) electrons. The van der Waals surface area contributed by atoms with Crippen molar-refractivity contribution in [1.82, 2.24) is 15.5 Å². The van der Waals surface area contributed by atoms with Crippen molar-refractivity contribution in [3.8, 4) is 5.75 Å². The van der Waals surface area contributed by atoms with Gasteiger partial charge in [-0.25, -0.2) is 0 Å². The third kappa shape index (κ3) is 6.93. The van der Waals surface area contributed by atoms with Crippen LogP contribution >= 0.6 is 0 Å². The monoisotopic (exact) mass is 386 g/mol. The molecular formula is C19H29F3N4O. The zero-order chi connectivity index (χ0) is 20.0. The van der Waals surface area contributed by atoms with Gasteiger partial charge in [-0.15, -0.1) is 0 Å². The van der Waals surface area contributed by atoms with Crippen LogP contribution in [0.15, 0.2) is 29.3 Å². The molecule has 27 heavy (non-hydrogen) atoms. The van der Waals surface area contributed by atoms with Crippen LogP contribution in [0.5, 0.6) is 5.75 Å². The Morgan fingerprint density at radius 2 is 1.93 bits per heavy atom. The highest BCUT2D eigenvalue weighted by Gasteiger charge is 2.31. The van der Waals surface area contributed by atoms with E-state index in [1.165, 1.54) is 0 Å². The van der Waals surface area contributed by atoms with Crippen LogP contribution in [-0.2, 0) is 6.54 Å². The summed E-state index contributed by atoms with van der Waals surface area (Å²) in [6.45, 7) is 7.90. The SMILES string of the molecule is CN=C(NCc1ccc(OCC(F)(F)F)cc1)NC1CN(C(C)C)CC1C. The third-order valence-corrected chi connectivity index (χ3v) is 4.70. The van der Waals surface area contributed by atoms with Gasteiger partial charge in [0, 0.05) is 38.8 Å². The molecular weight excluding hydrogens is 357 g/mol. The molecule has 0 bridgehead atoms. The molecule has 1 saturated heterocycles. The van der Waals surface area contributed by atoms with Gasteiger partial charge in [-0.05, 0) is 37.5 Å². The van der Waals surface area contributed by atoms with E-state index in [-0.39, 0.29) is 5.75 Å². The van der Waals surface area contributed by atoms with Crippen LogP contribution < -0.4 is 15.4 Å². The minimum Gasteiger partial charge on any atom is -0.484 e. The molecule has 0 aliphatic carbocycles. The smallest absolute Gasteiger partial charge is 0.422 e. The van der Waals surface area contributed by atoms with Crippen molar-refractivity contribution in [2.45, 2.75) is 45.6 Å². The fourth-order valence-electron chi connectivity index (χ4n) is 3.04. The number of hydrogen-bond acceptors (Lipinski definition) is 3. The number of guanidine groups is 1. The van der Waals surface area contributed by atoms with Crippen LogP contribution in [0, 0.1) is 5.92 Å². The van der Waals surface area contributed by atoms with E-state index in [1.807, 2.05) is 0 Å². The van der Waals surface area contributed by atoms with Gasteiger partial charge in [-0.3, -0.25) is 9.89 Å². The van der Waals surface area contributed by atoms with Crippen LogP contribution in [-0.4, -0.2) is 55.9 Å². The third-order valence-electron chi connectivity index (χ3n) is 4.70. The topological polar surface area (TPSA) is 48.9 Å². The van der Waals surface area contributed by atoms with E-state index in [2.05, 4.69) is 41.3 Å². The summed E-state index contributed by atoms with van der Waals surface area (Å²) in [5.41, 5.74) is 0.931. The summed E-state index contributed by atoms with van der Waals surface area (Å²) < 4.78 is 41.2. The van der Waals surface area contributed by atoms with Crippen LogP contribution in [0.2, 0.25) is 0 Å². The molecule has 0 aromatic heterocycles. The Balaban J connectivity index is 1.82. The molecule has 5 nitrogen and oxygen atoms in total. The number of hydrogen-bond donors (Lipinski definition) is 2. The molecule has 1 heterocycles. The van der Waals surface area contributed by atoms with Gasteiger partial charge < -0.3 is 15.4 Å². The Morgan fingerprint density at radius 1 is 1.26 bits per heavy atom. The molecule has 1 aromatic carbocycles. The van der Waals surface area contributed by atoms with Crippen molar-refractivity contribution in [1.29, 1.82) is 0 Å². The van der Waals surface area contributed by atoms with Crippen LogP contribution in [0.25, 0.3) is 0 Å². The molecule has 1 fully saturated rings. The Labute approximate surface area is 159 Å². The Bertz CT molecular complexity index is 616. The van der Waals surface area contributed by atoms with Crippen molar-refractivity contribution in [2.75, 3.05) is 26.7 Å². The molecule has 2 rings (SSSR count). The maximum atomic E-state index is 12.2. The average Bonchev–Trinajstić information content (AvgIpc) is 2.98. The highest BCUT2D eigenvalue weighted by Crippen LogP contribution is 2.20. The van der Waals surface area contributed by atoms with E-state index in [9.17, 15) is 13.2 Å². The number of nitrogens with one attached hydrogen (secondary N) is 2. The molecule has 1 aliphatic heterocycles. The molecule has 1 aromatic rings. The number of benzene rings is 1. The van der Waals surface area contributed by atoms with E-state index < -0.39 is 12.8 Å². The van der Waals surface area contributed by atoms with Crippen LogP contribution in [0.4, 0.5) is 13.2 Å². The first-order valence-corrected chi connectivity index (χ1v) is 9.17. The van der Waals surface area contributed by atoms with Gasteiger partial charge in [0.05, 0.1) is 0 Å². The fraction of sp³-hybridized carbons (Fsp3) is 0.632. The van der Waals surface area contributed by atoms with Crippen molar-refractivity contribution in [2.24, 2.45) is 10.9 Å². The quantitative estimate of drug-likeness (QED) is 0.583. The highest BCUT2D eigenvalue weighted by atomic mass is 19.4. The van der Waals surface area contributed by atoms with E-state index in [4.69, 9.17) is 4.74 Å². The predicted octanol–water partition coefficient (Wildman–Crippen LogP) is 3.02. The number of ether oxygens (including phenoxy) is 1. The number of rotatable bonds is 6. The maximum absolute atomic E-state index is 12.2. The van der Waals surface area contributed by atoms with Gasteiger partial charge >= 0.3 is 6.18 Å². The number of alkyl halides is 3. The van der Waals surface area contributed by atoms with Crippen molar-refractivity contribution < 1.29 is 17.9 Å². The second kappa shape index (κ2) is 9.30. The predicted molar refractivity (Wildman–Crippen MR) is 101 cm³/mol. The number of halogens is 3. The lowest BCUT2D eigenvalue weighted by atomic mass is 10.1. The second-order valence-electron chi connectivity index (χ2n) is 7.25. The molecule has 152 valence electrons. The Kier molecular flexibility index (Phi) is 7.35. The van der Waals surface area contributed by atoms with Crippen molar-refractivity contribution >= 4 is 5.96 Å². The fourth-order valence-corrected chi connectivity index (χ4v) is 3.04. The minimum atomic E-state index is -4.33. The van der Waals surface area contributed by atoms with Crippen molar-refractivity contribution in [3.05, 3.63) is 29.8 Å². The zero-order valence-corrected chi connectivity index (χ0v) is 16.3. The Morgan fingerprint density at radius 3 is 2.44 bits per heavy atom. The van der Waals surface area contributed by atoms with Gasteiger partial charge in [0.15, 0.2) is 12.6 Å². The summed E-state index contributed by atoms with van der Waals surface area (Å²) in [4.78, 5) is 6.71. The number of nitrogens with zero attached hydrogens (tertiary/aromatic N) is 2. The highest BCUT2D eigenvalue weighted by molar-refractivity contribution is 5.80. The standard InChI is InChI=1S/C19H29F3N4O/c1-13(2)26-10-14(3)17(11-26)25-18(23-4)24-9-15-5-7-16(8-6-15)27-12-19(20,21)22/h5-8,13-14,17H,9-12H2,1-4H3,(H2,23,24,25). The Hall–Kier alpha value is -1.96. The first-order chi connectivity index (χ1) is 12.7. The molecule has 0 saturated carbocycles. The largest absolute Gasteiger partial charge is 0.484 e.